The number of aromatic amines is 2. The number of primary amides is 2. The van der Waals surface area contributed by atoms with Crippen molar-refractivity contribution in [3.05, 3.63) is 90.1 Å². The highest BCUT2D eigenvalue weighted by Crippen LogP contribution is 2.22. The maximum Gasteiger partial charge on any atom is 0.326 e. The van der Waals surface area contributed by atoms with Crippen LogP contribution in [0.2, 0.25) is 0 Å². The van der Waals surface area contributed by atoms with Crippen LogP contribution in [0, 0.1) is 11.8 Å². The molecular formula is C68H100N20O18. The average molecular weight is 1490 g/mol. The first-order valence-electron chi connectivity index (χ1n) is 34.7. The lowest BCUT2D eigenvalue weighted by molar-refractivity contribution is -0.143. The van der Waals surface area contributed by atoms with Gasteiger partial charge in [0.2, 0.25) is 76.8 Å². The van der Waals surface area contributed by atoms with Gasteiger partial charge < -0.3 is 117 Å². The highest BCUT2D eigenvalue weighted by molar-refractivity contribution is 6.00. The molecule has 106 heavy (non-hydrogen) atoms. The van der Waals surface area contributed by atoms with E-state index in [0.29, 0.717) is 34.1 Å². The van der Waals surface area contributed by atoms with Crippen LogP contribution in [0.4, 0.5) is 0 Å². The normalized spacial score (nSPS) is 16.0. The Kier molecular flexibility index (Phi) is 34.4. The van der Waals surface area contributed by atoms with Crippen LogP contribution in [-0.2, 0) is 86.4 Å². The fourth-order valence-corrected chi connectivity index (χ4v) is 11.6. The third-order valence-electron chi connectivity index (χ3n) is 17.6. The van der Waals surface area contributed by atoms with E-state index in [1.54, 1.807) is 88.5 Å². The first-order chi connectivity index (χ1) is 50.4. The molecule has 1 saturated heterocycles. The number of likely N-dealkylation sites (tertiary alicyclic amines) is 1. The maximum atomic E-state index is 14.5. The molecule has 580 valence electrons. The number of rotatable bonds is 45. The van der Waals surface area contributed by atoms with Crippen molar-refractivity contribution in [3.8, 4) is 0 Å². The molecule has 0 unspecified atom stereocenters. The van der Waals surface area contributed by atoms with Crippen molar-refractivity contribution in [2.24, 2.45) is 45.5 Å². The van der Waals surface area contributed by atoms with Gasteiger partial charge in [-0.2, -0.15) is 0 Å². The molecule has 26 N–H and O–H groups in total. The molecule has 0 saturated carbocycles. The summed E-state index contributed by atoms with van der Waals surface area (Å²) in [6.45, 7) is 3.53. The summed E-state index contributed by atoms with van der Waals surface area (Å²) in [5.74, 6) is -15.2. The number of nitrogens with two attached hydrogens (primary N) is 5. The zero-order chi connectivity index (χ0) is 78.3. The van der Waals surface area contributed by atoms with E-state index in [9.17, 15) is 87.5 Å². The number of amides is 13. The van der Waals surface area contributed by atoms with Gasteiger partial charge in [0.1, 0.15) is 66.5 Å². The number of carbonyl (C=O) groups is 14. The van der Waals surface area contributed by atoms with Gasteiger partial charge in [-0.15, -0.1) is 0 Å². The van der Waals surface area contributed by atoms with Crippen LogP contribution in [0.3, 0.4) is 0 Å². The molecule has 38 heteroatoms. The quantitative estimate of drug-likeness (QED) is 0.0111. The number of nitrogens with one attached hydrogen (secondary N) is 12. The van der Waals surface area contributed by atoms with Crippen molar-refractivity contribution in [3.63, 3.8) is 0 Å². The number of hydrogen-bond donors (Lipinski definition) is 21. The zero-order valence-corrected chi connectivity index (χ0v) is 59.5. The van der Waals surface area contributed by atoms with Crippen LogP contribution in [0.1, 0.15) is 109 Å². The van der Waals surface area contributed by atoms with Crippen molar-refractivity contribution in [1.82, 2.24) is 73.0 Å². The zero-order valence-electron chi connectivity index (χ0n) is 59.5. The second kappa shape index (κ2) is 42.6. The van der Waals surface area contributed by atoms with Gasteiger partial charge in [-0.05, 0) is 74.0 Å². The molecule has 5 rings (SSSR count). The highest BCUT2D eigenvalue weighted by atomic mass is 16.4. The SMILES string of the molecule is CC[C@H](C)[C@H](NC(=O)[C@@H](N)Cc1cnc[nH]1)C(=O)N[C@@H](CCC(N)=O)C(=O)N[C@@H](CC(C)C)C(=O)N[C@@H](CO)C(=O)N1CCC[C@H]1C(=O)N[C@@H](Cc1ccccc1)C(=O)N[C@@H](CO)C(=O)N[C@@H](CCC(N)=O)C(=O)N[C@@H](CO)C(=O)N[C@@H](Cc1c[nH]c2ccccc12)C(=O)N[C@@H](CCCN=C(N)N)C(=O)O. The van der Waals surface area contributed by atoms with Crippen LogP contribution >= 0.6 is 0 Å². The van der Waals surface area contributed by atoms with Crippen molar-refractivity contribution < 1.29 is 87.5 Å². The predicted molar refractivity (Wildman–Crippen MR) is 381 cm³/mol. The Morgan fingerprint density at radius 2 is 1.08 bits per heavy atom. The monoisotopic (exact) mass is 1480 g/mol. The Balaban J connectivity index is 1.30. The smallest absolute Gasteiger partial charge is 0.326 e. The summed E-state index contributed by atoms with van der Waals surface area (Å²) >= 11 is 0. The molecule has 1 aliphatic heterocycles. The topological polar surface area (TPSA) is 630 Å². The van der Waals surface area contributed by atoms with Gasteiger partial charge in [0.25, 0.3) is 0 Å². The van der Waals surface area contributed by atoms with E-state index < -0.39 is 200 Å². The molecule has 0 spiro atoms. The van der Waals surface area contributed by atoms with E-state index in [0.717, 1.165) is 4.90 Å². The van der Waals surface area contributed by atoms with Crippen molar-refractivity contribution in [1.29, 1.82) is 0 Å². The number of fused-ring (bicyclic) bond motifs is 1. The number of benzene rings is 2. The number of carboxylic acids is 1. The Bertz CT molecular complexity index is 3700. The van der Waals surface area contributed by atoms with Crippen molar-refractivity contribution >= 4 is 99.6 Å². The molecule has 1 aliphatic rings. The lowest BCUT2D eigenvalue weighted by Gasteiger charge is -2.31. The van der Waals surface area contributed by atoms with Crippen LogP contribution in [-0.4, -0.2) is 234 Å². The molecule has 13 atom stereocenters. The van der Waals surface area contributed by atoms with E-state index in [2.05, 4.69) is 73.1 Å². The lowest BCUT2D eigenvalue weighted by atomic mass is 9.96. The maximum absolute atomic E-state index is 14.5. The van der Waals surface area contributed by atoms with Crippen LogP contribution in [0.15, 0.2) is 78.3 Å². The van der Waals surface area contributed by atoms with Gasteiger partial charge in [-0.3, -0.25) is 67.3 Å². The number of hydrogen-bond acceptors (Lipinski definition) is 20. The summed E-state index contributed by atoms with van der Waals surface area (Å²) < 4.78 is 0. The number of aliphatic hydroxyl groups is 3. The summed E-state index contributed by atoms with van der Waals surface area (Å²) in [6.07, 6.45) is 2.63. The minimum atomic E-state index is -1.92. The molecular weight excluding hydrogens is 1380 g/mol. The summed E-state index contributed by atoms with van der Waals surface area (Å²) in [6, 6.07) is -3.50. The van der Waals surface area contributed by atoms with Gasteiger partial charge in [0.15, 0.2) is 5.96 Å². The number of nitrogens with zero attached hydrogens (tertiary/aromatic N) is 3. The van der Waals surface area contributed by atoms with Crippen LogP contribution in [0.5, 0.6) is 0 Å². The summed E-state index contributed by atoms with van der Waals surface area (Å²) in [4.78, 5) is 206. The molecule has 38 nitrogen and oxygen atoms in total. The Morgan fingerprint density at radius 1 is 0.575 bits per heavy atom. The minimum Gasteiger partial charge on any atom is -0.480 e. The van der Waals surface area contributed by atoms with Crippen molar-refractivity contribution in [2.75, 3.05) is 32.9 Å². The van der Waals surface area contributed by atoms with E-state index in [1.165, 1.54) is 12.5 Å². The summed E-state index contributed by atoms with van der Waals surface area (Å²) in [5, 5.41) is 67.1. The second-order valence-electron chi connectivity index (χ2n) is 26.2. The Hall–Kier alpha value is -11.1. The number of aromatic nitrogens is 3. The molecule has 0 bridgehead atoms. The minimum absolute atomic E-state index is 0.000353. The van der Waals surface area contributed by atoms with Crippen molar-refractivity contribution in [2.45, 2.75) is 184 Å². The number of guanidine groups is 1. The van der Waals surface area contributed by atoms with Gasteiger partial charge in [0, 0.05) is 74.2 Å². The second-order valence-corrected chi connectivity index (χ2v) is 26.2. The molecule has 1 fully saturated rings. The number of imidazole rings is 1. The summed E-state index contributed by atoms with van der Waals surface area (Å²) in [5.41, 5.74) is 30.0. The first-order valence-corrected chi connectivity index (χ1v) is 34.7. The molecule has 0 radical (unpaired) electrons. The molecule has 4 aromatic rings. The largest absolute Gasteiger partial charge is 0.480 e. The molecule has 2 aromatic heterocycles. The van der Waals surface area contributed by atoms with E-state index >= 15 is 0 Å². The van der Waals surface area contributed by atoms with E-state index in [4.69, 9.17) is 28.7 Å². The molecule has 2 aromatic carbocycles. The molecule has 13 amide bonds. The van der Waals surface area contributed by atoms with E-state index in [1.807, 2.05) is 0 Å². The van der Waals surface area contributed by atoms with Gasteiger partial charge in [-0.1, -0.05) is 82.6 Å². The standard InChI is InChI=1S/C68H100N20O18/c1-5-36(4)55(87-56(94)41(69)28-39-30-74-34-77-39)65(103)79-44(20-22-54(71)93)57(95)81-46(25-35(2)3)59(97)86-51(33-91)66(104)88-24-12-18-52(88)64(102)83-47(26-37-13-7-6-8-14-37)60(98)85-49(31-89)62(100)78-43(19-21-53(70)92)58(96)84-50(32-90)63(101)82-48(27-38-29-76-42-16-10-9-15-40(38)42)61(99)80-45(67(105)106)17-11-23-75-68(72)73/h6-10,13-16,29-30,34-36,41,43-52,55,76,89-91H,5,11-12,17-28,31-33,69H2,1-4H3,(H2,70,92)(H2,71,93)(H,74,77)(H,78,100)(H,79,103)(H,80,99)(H,81,95)(H,82,101)(H,83,102)(H,84,96)(H,85,98)(H,86,97)(H,87,94)(H,105,106)(H4,72,73,75)/t36-,41-,43-,44-,45-,46-,47-,48-,49-,50-,51-,52-,55-/m0/s1. The van der Waals surface area contributed by atoms with Crippen LogP contribution < -0.4 is 81.8 Å². The fourth-order valence-electron chi connectivity index (χ4n) is 11.6. The summed E-state index contributed by atoms with van der Waals surface area (Å²) in [7, 11) is 0. The van der Waals surface area contributed by atoms with Gasteiger partial charge in [-0.25, -0.2) is 9.78 Å². The van der Waals surface area contributed by atoms with E-state index in [-0.39, 0.29) is 82.8 Å². The molecule has 3 heterocycles. The average Bonchev–Trinajstić information content (AvgIpc) is 1.63. The number of aliphatic imine (C=N–C) groups is 1. The Morgan fingerprint density at radius 3 is 1.63 bits per heavy atom. The first kappa shape index (κ1) is 85.5. The fraction of sp³-hybridized carbons (Fsp3) is 0.529. The number of carbonyl (C=O) groups excluding carboxylic acids is 13. The van der Waals surface area contributed by atoms with Crippen LogP contribution in [0.25, 0.3) is 10.9 Å². The lowest BCUT2D eigenvalue weighted by Crippen LogP contribution is -2.62. The highest BCUT2D eigenvalue weighted by Gasteiger charge is 2.42. The number of carboxylic acid groups (broad SMARTS) is 1. The van der Waals surface area contributed by atoms with Gasteiger partial charge >= 0.3 is 5.97 Å². The number of aliphatic carboxylic acids is 1. The molecule has 0 aliphatic carbocycles. The van der Waals surface area contributed by atoms with Gasteiger partial charge in [0.05, 0.1) is 32.2 Å². The number of H-pyrrole nitrogens is 2. The number of aliphatic hydroxyl groups excluding tert-OH is 3. The number of para-hydroxylation sites is 1. The third-order valence-corrected chi connectivity index (χ3v) is 17.6. The predicted octanol–water partition coefficient (Wildman–Crippen LogP) is -6.18. The third kappa shape index (κ3) is 26.9. The Labute approximate surface area is 610 Å².